The molecule has 0 aliphatic carbocycles. The third-order valence-electron chi connectivity index (χ3n) is 2.75. The van der Waals surface area contributed by atoms with Crippen LogP contribution in [0.2, 0.25) is 0 Å². The molecular weight excluding hydrogens is 336 g/mol. The van der Waals surface area contributed by atoms with E-state index >= 15 is 0 Å². The molecule has 2 aromatic rings. The van der Waals surface area contributed by atoms with Crippen LogP contribution in [0.3, 0.4) is 0 Å². The van der Waals surface area contributed by atoms with Crippen LogP contribution in [0.25, 0.3) is 0 Å². The number of methoxy groups -OCH3 is 2. The van der Waals surface area contributed by atoms with Gasteiger partial charge in [0.1, 0.15) is 0 Å². The molecule has 0 radical (unpaired) electrons. The van der Waals surface area contributed by atoms with Crippen LogP contribution in [0.15, 0.2) is 46.0 Å². The molecule has 2 rings (SSSR count). The van der Waals surface area contributed by atoms with Crippen molar-refractivity contribution in [2.24, 2.45) is 5.10 Å². The van der Waals surface area contributed by atoms with E-state index < -0.39 is 0 Å². The van der Waals surface area contributed by atoms with Gasteiger partial charge in [0.2, 0.25) is 5.75 Å². The number of ether oxygens (including phenoxy) is 2. The zero-order valence-electron chi connectivity index (χ0n) is 11.6. The average molecular weight is 351 g/mol. The molecule has 0 saturated carbocycles. The lowest BCUT2D eigenvalue weighted by Gasteiger charge is -2.09. The number of nitrogens with one attached hydrogen (secondary N) is 1. The number of phenols is 1. The minimum absolute atomic E-state index is 0.0296. The Morgan fingerprint density at radius 1 is 1.10 bits per heavy atom. The molecule has 0 aliphatic rings. The molecule has 5 nitrogen and oxygen atoms in total. The number of halogens is 1. The van der Waals surface area contributed by atoms with E-state index in [0.29, 0.717) is 11.5 Å². The number of aromatic hydroxyl groups is 1. The molecule has 0 heterocycles. The molecular formula is C15H15BrN2O3. The van der Waals surface area contributed by atoms with Crippen LogP contribution in [0.4, 0.5) is 5.69 Å². The molecule has 0 aromatic heterocycles. The molecule has 0 atom stereocenters. The third kappa shape index (κ3) is 3.88. The zero-order chi connectivity index (χ0) is 15.2. The minimum Gasteiger partial charge on any atom is -0.502 e. The molecule has 21 heavy (non-hydrogen) atoms. The van der Waals surface area contributed by atoms with Crippen LogP contribution in [0.1, 0.15) is 5.56 Å². The van der Waals surface area contributed by atoms with Gasteiger partial charge in [-0.25, -0.2) is 0 Å². The van der Waals surface area contributed by atoms with Crippen molar-refractivity contribution in [3.8, 4) is 17.2 Å². The predicted octanol–water partition coefficient (Wildman–Crippen LogP) is 3.62. The first-order valence-corrected chi connectivity index (χ1v) is 6.93. The van der Waals surface area contributed by atoms with E-state index in [-0.39, 0.29) is 5.75 Å². The van der Waals surface area contributed by atoms with Gasteiger partial charge >= 0.3 is 0 Å². The molecule has 0 amide bonds. The van der Waals surface area contributed by atoms with Crippen molar-refractivity contribution in [1.82, 2.24) is 0 Å². The summed E-state index contributed by atoms with van der Waals surface area (Å²) in [6.45, 7) is 0. The summed E-state index contributed by atoms with van der Waals surface area (Å²) < 4.78 is 11.2. The first-order chi connectivity index (χ1) is 10.1. The van der Waals surface area contributed by atoms with Crippen LogP contribution < -0.4 is 14.9 Å². The first kappa shape index (κ1) is 15.2. The van der Waals surface area contributed by atoms with Crippen LogP contribution in [0.5, 0.6) is 17.2 Å². The van der Waals surface area contributed by atoms with E-state index in [2.05, 4.69) is 26.5 Å². The Hall–Kier alpha value is -2.21. The van der Waals surface area contributed by atoms with Crippen LogP contribution in [-0.4, -0.2) is 25.5 Å². The molecule has 6 heteroatoms. The first-order valence-electron chi connectivity index (χ1n) is 6.13. The summed E-state index contributed by atoms with van der Waals surface area (Å²) in [5, 5.41) is 14.0. The Morgan fingerprint density at radius 3 is 2.19 bits per heavy atom. The monoisotopic (exact) mass is 350 g/mol. The molecule has 0 unspecified atom stereocenters. The van der Waals surface area contributed by atoms with E-state index in [4.69, 9.17) is 9.47 Å². The van der Waals surface area contributed by atoms with Crippen LogP contribution in [-0.2, 0) is 0 Å². The number of anilines is 1. The molecule has 0 fully saturated rings. The smallest absolute Gasteiger partial charge is 0.200 e. The Balaban J connectivity index is 2.15. The largest absolute Gasteiger partial charge is 0.502 e. The summed E-state index contributed by atoms with van der Waals surface area (Å²) >= 11 is 3.37. The van der Waals surface area contributed by atoms with Gasteiger partial charge in [0.05, 0.1) is 26.1 Å². The summed E-state index contributed by atoms with van der Waals surface area (Å²) in [5.74, 6) is 0.636. The second-order valence-corrected chi connectivity index (χ2v) is 5.07. The fourth-order valence-corrected chi connectivity index (χ4v) is 1.96. The Labute approximate surface area is 131 Å². The van der Waals surface area contributed by atoms with E-state index in [1.54, 1.807) is 18.3 Å². The number of rotatable bonds is 5. The van der Waals surface area contributed by atoms with E-state index in [0.717, 1.165) is 15.7 Å². The van der Waals surface area contributed by atoms with Crippen molar-refractivity contribution >= 4 is 27.8 Å². The van der Waals surface area contributed by atoms with Crippen molar-refractivity contribution < 1.29 is 14.6 Å². The maximum absolute atomic E-state index is 9.83. The fraction of sp³-hybridized carbons (Fsp3) is 0.133. The van der Waals surface area contributed by atoms with Gasteiger partial charge < -0.3 is 14.6 Å². The lowest BCUT2D eigenvalue weighted by atomic mass is 10.2. The summed E-state index contributed by atoms with van der Waals surface area (Å²) in [4.78, 5) is 0. The third-order valence-corrected chi connectivity index (χ3v) is 3.28. The van der Waals surface area contributed by atoms with Crippen molar-refractivity contribution in [3.63, 3.8) is 0 Å². The maximum Gasteiger partial charge on any atom is 0.200 e. The van der Waals surface area contributed by atoms with E-state index in [1.807, 2.05) is 24.3 Å². The van der Waals surface area contributed by atoms with E-state index in [9.17, 15) is 5.11 Å². The minimum atomic E-state index is -0.0296. The average Bonchev–Trinajstić information content (AvgIpc) is 2.50. The van der Waals surface area contributed by atoms with Gasteiger partial charge in [-0.2, -0.15) is 5.10 Å². The Bertz CT molecular complexity index is 617. The second kappa shape index (κ2) is 6.99. The zero-order valence-corrected chi connectivity index (χ0v) is 13.2. The van der Waals surface area contributed by atoms with Gasteiger partial charge in [-0.3, -0.25) is 5.43 Å². The molecule has 0 bridgehead atoms. The summed E-state index contributed by atoms with van der Waals surface area (Å²) in [6.07, 6.45) is 1.62. The van der Waals surface area contributed by atoms with Crippen LogP contribution in [0, 0.1) is 0 Å². The van der Waals surface area contributed by atoms with Gasteiger partial charge in [0.25, 0.3) is 0 Å². The van der Waals surface area contributed by atoms with Crippen molar-refractivity contribution in [2.45, 2.75) is 0 Å². The fourth-order valence-electron chi connectivity index (χ4n) is 1.69. The Kier molecular flexibility index (Phi) is 5.05. The van der Waals surface area contributed by atoms with Gasteiger partial charge in [0.15, 0.2) is 11.5 Å². The number of nitrogens with zero attached hydrogens (tertiary/aromatic N) is 1. The van der Waals surface area contributed by atoms with Crippen molar-refractivity contribution in [3.05, 3.63) is 46.4 Å². The highest BCUT2D eigenvalue weighted by Gasteiger charge is 2.10. The second-order valence-electron chi connectivity index (χ2n) is 4.15. The normalized spacial score (nSPS) is 10.6. The van der Waals surface area contributed by atoms with Gasteiger partial charge in [0, 0.05) is 10.0 Å². The highest BCUT2D eigenvalue weighted by Crippen LogP contribution is 2.36. The van der Waals surface area contributed by atoms with Crippen molar-refractivity contribution in [1.29, 1.82) is 0 Å². The number of hydrogen-bond donors (Lipinski definition) is 2. The lowest BCUT2D eigenvalue weighted by Crippen LogP contribution is -1.94. The standard InChI is InChI=1S/C15H15BrN2O3/c1-20-13-7-10(8-14(21-2)15(13)19)9-17-18-12-5-3-11(16)4-6-12/h3-9,18-19H,1-2H3. The van der Waals surface area contributed by atoms with E-state index in [1.165, 1.54) is 14.2 Å². The summed E-state index contributed by atoms with van der Waals surface area (Å²) in [5.41, 5.74) is 4.52. The lowest BCUT2D eigenvalue weighted by molar-refractivity contribution is 0.340. The number of hydrogen-bond acceptors (Lipinski definition) is 5. The molecule has 2 N–H and O–H groups in total. The quantitative estimate of drug-likeness (QED) is 0.638. The van der Waals surface area contributed by atoms with Gasteiger partial charge in [-0.05, 0) is 36.4 Å². The molecule has 0 spiro atoms. The predicted molar refractivity (Wildman–Crippen MR) is 86.6 cm³/mol. The highest BCUT2D eigenvalue weighted by atomic mass is 79.9. The topological polar surface area (TPSA) is 63.1 Å². The molecule has 110 valence electrons. The molecule has 0 aliphatic heterocycles. The van der Waals surface area contributed by atoms with Crippen LogP contribution >= 0.6 is 15.9 Å². The SMILES string of the molecule is COc1cc(C=NNc2ccc(Br)cc2)cc(OC)c1O. The maximum atomic E-state index is 9.83. The van der Waals surface area contributed by atoms with Gasteiger partial charge in [-0.1, -0.05) is 15.9 Å². The summed E-state index contributed by atoms with van der Waals surface area (Å²) in [7, 11) is 2.96. The Morgan fingerprint density at radius 2 is 1.67 bits per heavy atom. The van der Waals surface area contributed by atoms with Crippen molar-refractivity contribution in [2.75, 3.05) is 19.6 Å². The molecule has 0 saturated heterocycles. The number of hydrazone groups is 1. The van der Waals surface area contributed by atoms with Gasteiger partial charge in [-0.15, -0.1) is 0 Å². The molecule has 2 aromatic carbocycles. The summed E-state index contributed by atoms with van der Waals surface area (Å²) in [6, 6.07) is 11.0. The number of benzene rings is 2. The number of phenolic OH excluding ortho intramolecular Hbond substituents is 1. The highest BCUT2D eigenvalue weighted by molar-refractivity contribution is 9.10.